The first-order valence-electron chi connectivity index (χ1n) is 6.35. The minimum Gasteiger partial charge on any atom is -0.461 e. The largest absolute Gasteiger partial charge is 0.461 e. The molecule has 1 aromatic carbocycles. The number of carbonyl (C=O) groups excluding carboxylic acids is 1. The van der Waals surface area contributed by atoms with Crippen LogP contribution in [0.1, 0.15) is 23.0 Å². The third kappa shape index (κ3) is 1.98. The molecule has 0 radical (unpaired) electrons. The number of nitrogens with one attached hydrogen (secondary N) is 1. The summed E-state index contributed by atoms with van der Waals surface area (Å²) in [4.78, 5) is 19.5. The van der Waals surface area contributed by atoms with E-state index in [1.54, 1.807) is 13.1 Å². The summed E-state index contributed by atoms with van der Waals surface area (Å²) < 4.78 is 6.05. The van der Waals surface area contributed by atoms with E-state index in [-0.39, 0.29) is 5.97 Å². The minimum atomic E-state index is -0.378. The lowest BCUT2D eigenvalue weighted by Gasteiger charge is -2.05. The Morgan fingerprint density at radius 1 is 1.40 bits per heavy atom. The second kappa shape index (κ2) is 4.90. The van der Waals surface area contributed by atoms with Crippen molar-refractivity contribution in [2.45, 2.75) is 13.8 Å². The van der Waals surface area contributed by atoms with Crippen LogP contribution in [0.25, 0.3) is 21.8 Å². The first kappa shape index (κ1) is 13.1. The van der Waals surface area contributed by atoms with Gasteiger partial charge in [0.2, 0.25) is 0 Å². The molecule has 3 rings (SSSR count). The van der Waals surface area contributed by atoms with E-state index in [2.05, 4.69) is 25.9 Å². The topological polar surface area (TPSA) is 55.0 Å². The van der Waals surface area contributed by atoms with Crippen molar-refractivity contribution in [1.82, 2.24) is 9.97 Å². The second-order valence-corrected chi connectivity index (χ2v) is 5.47. The molecule has 0 saturated carbocycles. The van der Waals surface area contributed by atoms with Gasteiger partial charge in [-0.1, -0.05) is 15.9 Å². The number of halogens is 1. The summed E-state index contributed by atoms with van der Waals surface area (Å²) in [6, 6.07) is 6.02. The highest BCUT2D eigenvalue weighted by Crippen LogP contribution is 2.31. The van der Waals surface area contributed by atoms with E-state index in [1.165, 1.54) is 0 Å². The van der Waals surface area contributed by atoms with E-state index in [0.29, 0.717) is 12.3 Å². The normalized spacial score (nSPS) is 11.2. The van der Waals surface area contributed by atoms with Gasteiger partial charge >= 0.3 is 5.97 Å². The maximum atomic E-state index is 11.9. The average molecular weight is 333 g/mol. The van der Waals surface area contributed by atoms with E-state index in [1.807, 2.05) is 25.1 Å². The lowest BCUT2D eigenvalue weighted by atomic mass is 10.1. The minimum absolute atomic E-state index is 0.345. The molecule has 2 aromatic heterocycles. The van der Waals surface area contributed by atoms with Crippen LogP contribution < -0.4 is 0 Å². The number of ether oxygens (including phenoxy) is 1. The summed E-state index contributed by atoms with van der Waals surface area (Å²) in [6.45, 7) is 4.03. The summed E-state index contributed by atoms with van der Waals surface area (Å²) in [7, 11) is 0. The molecule has 4 nitrogen and oxygen atoms in total. The van der Waals surface area contributed by atoms with Crippen molar-refractivity contribution in [3.8, 4) is 0 Å². The van der Waals surface area contributed by atoms with Crippen LogP contribution >= 0.6 is 15.9 Å². The van der Waals surface area contributed by atoms with Crippen molar-refractivity contribution < 1.29 is 9.53 Å². The van der Waals surface area contributed by atoms with Gasteiger partial charge in [0.15, 0.2) is 5.69 Å². The van der Waals surface area contributed by atoms with Gasteiger partial charge in [0, 0.05) is 20.8 Å². The van der Waals surface area contributed by atoms with Gasteiger partial charge in [-0.2, -0.15) is 0 Å². The van der Waals surface area contributed by atoms with E-state index in [9.17, 15) is 4.79 Å². The van der Waals surface area contributed by atoms with Gasteiger partial charge in [-0.3, -0.25) is 0 Å². The molecule has 0 atom stereocenters. The van der Waals surface area contributed by atoms with Gasteiger partial charge in [0.1, 0.15) is 0 Å². The first-order valence-corrected chi connectivity index (χ1v) is 7.14. The highest BCUT2D eigenvalue weighted by molar-refractivity contribution is 9.10. The van der Waals surface area contributed by atoms with E-state index >= 15 is 0 Å². The van der Waals surface area contributed by atoms with Crippen LogP contribution in [0.5, 0.6) is 0 Å². The van der Waals surface area contributed by atoms with Crippen LogP contribution in [-0.4, -0.2) is 22.5 Å². The number of rotatable bonds is 2. The Morgan fingerprint density at radius 2 is 2.20 bits per heavy atom. The number of carbonyl (C=O) groups is 1. The van der Waals surface area contributed by atoms with Crippen molar-refractivity contribution in [2.75, 3.05) is 6.61 Å². The molecule has 0 aliphatic rings. The van der Waals surface area contributed by atoms with Crippen molar-refractivity contribution in [1.29, 1.82) is 0 Å². The fourth-order valence-electron chi connectivity index (χ4n) is 2.44. The fraction of sp³-hybridized carbons (Fsp3) is 0.200. The van der Waals surface area contributed by atoms with Gasteiger partial charge in [-0.25, -0.2) is 9.78 Å². The van der Waals surface area contributed by atoms with Crippen LogP contribution in [0.15, 0.2) is 28.9 Å². The Hall–Kier alpha value is -1.88. The number of pyridine rings is 1. The van der Waals surface area contributed by atoms with Gasteiger partial charge in [-0.05, 0) is 37.6 Å². The first-order chi connectivity index (χ1) is 9.61. The number of esters is 1. The molecule has 102 valence electrons. The lowest BCUT2D eigenvalue weighted by molar-refractivity contribution is 0.0519. The van der Waals surface area contributed by atoms with Gasteiger partial charge in [0.25, 0.3) is 0 Å². The molecule has 1 N–H and O–H groups in total. The highest BCUT2D eigenvalue weighted by Gasteiger charge is 2.17. The Bertz CT molecular complexity index is 823. The third-order valence-corrected chi connectivity index (χ3v) is 3.80. The highest BCUT2D eigenvalue weighted by atomic mass is 79.9. The molecule has 5 heteroatoms. The molecule has 0 bridgehead atoms. The monoisotopic (exact) mass is 332 g/mol. The van der Waals surface area contributed by atoms with Crippen molar-refractivity contribution >= 4 is 43.7 Å². The van der Waals surface area contributed by atoms with E-state index < -0.39 is 0 Å². The van der Waals surface area contributed by atoms with E-state index in [4.69, 9.17) is 4.74 Å². The van der Waals surface area contributed by atoms with E-state index in [0.717, 1.165) is 31.8 Å². The van der Waals surface area contributed by atoms with Crippen LogP contribution in [0.2, 0.25) is 0 Å². The molecular formula is C15H13BrN2O2. The number of nitrogens with zero attached hydrogens (tertiary/aromatic N) is 1. The van der Waals surface area contributed by atoms with Crippen LogP contribution in [0.3, 0.4) is 0 Å². The maximum Gasteiger partial charge on any atom is 0.357 e. The molecule has 2 heterocycles. The van der Waals surface area contributed by atoms with Crippen molar-refractivity contribution in [2.24, 2.45) is 0 Å². The molecule has 0 aliphatic carbocycles. The zero-order valence-corrected chi connectivity index (χ0v) is 12.7. The number of aromatic amines is 1. The number of hydrogen-bond donors (Lipinski definition) is 1. The number of benzene rings is 1. The molecule has 0 unspecified atom stereocenters. The van der Waals surface area contributed by atoms with Crippen LogP contribution in [0.4, 0.5) is 0 Å². The fourth-order valence-corrected chi connectivity index (χ4v) is 2.80. The van der Waals surface area contributed by atoms with Gasteiger partial charge < -0.3 is 9.72 Å². The Balaban J connectivity index is 2.32. The molecule has 0 spiro atoms. The predicted molar refractivity (Wildman–Crippen MR) is 82.0 cm³/mol. The van der Waals surface area contributed by atoms with Gasteiger partial charge in [-0.15, -0.1) is 0 Å². The summed E-state index contributed by atoms with van der Waals surface area (Å²) in [5.41, 5.74) is 3.16. The van der Waals surface area contributed by atoms with Crippen molar-refractivity contribution in [3.05, 3.63) is 40.1 Å². The Morgan fingerprint density at radius 3 is 2.95 bits per heavy atom. The number of hydrogen-bond acceptors (Lipinski definition) is 3. The van der Waals surface area contributed by atoms with Gasteiger partial charge in [0.05, 0.1) is 18.3 Å². The quantitative estimate of drug-likeness (QED) is 0.722. The molecule has 0 saturated heterocycles. The average Bonchev–Trinajstić information content (AvgIpc) is 2.77. The summed E-state index contributed by atoms with van der Waals surface area (Å²) in [5, 5.41) is 2.08. The van der Waals surface area contributed by atoms with Crippen LogP contribution in [0, 0.1) is 6.92 Å². The SMILES string of the molecule is CCOC(=O)c1ncc2[nH]c3ccc(Br)cc3c2c1C. The number of aromatic nitrogens is 2. The van der Waals surface area contributed by atoms with Crippen molar-refractivity contribution in [3.63, 3.8) is 0 Å². The molecular weight excluding hydrogens is 320 g/mol. The Kier molecular flexibility index (Phi) is 3.22. The predicted octanol–water partition coefficient (Wildman–Crippen LogP) is 3.96. The second-order valence-electron chi connectivity index (χ2n) is 4.56. The summed E-state index contributed by atoms with van der Waals surface area (Å²) >= 11 is 3.48. The lowest BCUT2D eigenvalue weighted by Crippen LogP contribution is -2.09. The third-order valence-electron chi connectivity index (χ3n) is 3.31. The molecule has 3 aromatic rings. The standard InChI is InChI=1S/C15H13BrN2O2/c1-3-20-15(19)14-8(2)13-10-6-9(16)4-5-11(10)18-12(13)7-17-14/h4-7,18H,3H2,1-2H3. The zero-order valence-electron chi connectivity index (χ0n) is 11.2. The number of fused-ring (bicyclic) bond motifs is 3. The number of aryl methyl sites for hydroxylation is 1. The zero-order chi connectivity index (χ0) is 14.3. The maximum absolute atomic E-state index is 11.9. The Labute approximate surface area is 124 Å². The molecule has 0 fully saturated rings. The summed E-state index contributed by atoms with van der Waals surface area (Å²) in [5.74, 6) is -0.378. The molecule has 0 amide bonds. The molecule has 20 heavy (non-hydrogen) atoms. The molecule has 0 aliphatic heterocycles. The van der Waals surface area contributed by atoms with Crippen LogP contribution in [-0.2, 0) is 4.74 Å². The smallest absolute Gasteiger partial charge is 0.357 e. The summed E-state index contributed by atoms with van der Waals surface area (Å²) in [6.07, 6.45) is 1.68. The number of H-pyrrole nitrogens is 1.